The Morgan fingerprint density at radius 1 is 1.07 bits per heavy atom. The monoisotopic (exact) mass is 233 g/mol. The van der Waals surface area contributed by atoms with Crippen LogP contribution in [0.3, 0.4) is 0 Å². The van der Waals surface area contributed by atoms with Gasteiger partial charge >= 0.3 is 12.5 Å². The third-order valence-electron chi connectivity index (χ3n) is 3.38. The third kappa shape index (κ3) is 1.43. The van der Waals surface area contributed by atoms with Crippen molar-refractivity contribution < 1.29 is 26.3 Å². The van der Waals surface area contributed by atoms with Gasteiger partial charge in [0.25, 0.3) is 0 Å². The van der Waals surface area contributed by atoms with Crippen LogP contribution in [0.5, 0.6) is 0 Å². The first-order valence-electron chi connectivity index (χ1n) is 4.58. The molecule has 1 saturated heterocycles. The molecule has 7 heteroatoms. The molecule has 2 fully saturated rings. The largest absolute Gasteiger partial charge is 0.460 e. The van der Waals surface area contributed by atoms with Crippen molar-refractivity contribution in [3.05, 3.63) is 0 Å². The normalized spacial score (nSPS) is 37.6. The maximum atomic E-state index is 12.7. The van der Waals surface area contributed by atoms with Crippen LogP contribution < -0.4 is 0 Å². The molecule has 0 aromatic carbocycles. The zero-order chi connectivity index (χ0) is 11.5. The lowest BCUT2D eigenvalue weighted by molar-refractivity contribution is -0.325. The number of likely N-dealkylation sites (tertiary alicyclic amines) is 1. The lowest BCUT2D eigenvalue weighted by Gasteiger charge is -2.40. The van der Waals surface area contributed by atoms with Gasteiger partial charge in [0.15, 0.2) is 0 Å². The second-order valence-corrected chi connectivity index (χ2v) is 4.22. The Bertz CT molecular complexity index is 269. The Morgan fingerprint density at radius 3 is 2.00 bits per heavy atom. The van der Waals surface area contributed by atoms with E-state index in [2.05, 4.69) is 0 Å². The summed E-state index contributed by atoms with van der Waals surface area (Å²) in [4.78, 5) is -0.325. The summed E-state index contributed by atoms with van der Waals surface area (Å²) in [5, 5.41) is 0. The first-order valence-corrected chi connectivity index (χ1v) is 4.58. The van der Waals surface area contributed by atoms with E-state index in [0.717, 1.165) is 0 Å². The summed E-state index contributed by atoms with van der Waals surface area (Å²) < 4.78 is 75.3. The maximum absolute atomic E-state index is 12.7. The van der Waals surface area contributed by atoms with Crippen LogP contribution in [0, 0.1) is 5.92 Å². The van der Waals surface area contributed by atoms with Crippen LogP contribution in [0.25, 0.3) is 0 Å². The zero-order valence-electron chi connectivity index (χ0n) is 7.62. The number of hydrogen-bond donors (Lipinski definition) is 0. The summed E-state index contributed by atoms with van der Waals surface area (Å²) >= 11 is 0. The Labute approximate surface area is 82.0 Å². The summed E-state index contributed by atoms with van der Waals surface area (Å²) in [6.07, 6.45) is -10.3. The summed E-state index contributed by atoms with van der Waals surface area (Å²) in [6, 6.07) is 0. The lowest BCUT2D eigenvalue weighted by Crippen LogP contribution is -2.60. The number of halogens is 6. The van der Waals surface area contributed by atoms with Crippen molar-refractivity contribution in [2.24, 2.45) is 5.92 Å². The summed E-state index contributed by atoms with van der Waals surface area (Å²) in [5.41, 5.74) is -2.64. The van der Waals surface area contributed by atoms with Crippen molar-refractivity contribution in [1.82, 2.24) is 4.90 Å². The van der Waals surface area contributed by atoms with E-state index in [0.29, 0.717) is 0 Å². The van der Waals surface area contributed by atoms with Crippen molar-refractivity contribution in [1.29, 1.82) is 0 Å². The highest BCUT2D eigenvalue weighted by molar-refractivity contribution is 5.10. The fourth-order valence-electron chi connectivity index (χ4n) is 2.72. The molecule has 1 aliphatic carbocycles. The van der Waals surface area contributed by atoms with Gasteiger partial charge in [-0.15, -0.1) is 0 Å². The second kappa shape index (κ2) is 2.81. The molecule has 15 heavy (non-hydrogen) atoms. The number of rotatable bonds is 0. The summed E-state index contributed by atoms with van der Waals surface area (Å²) in [6.45, 7) is -0.511. The first-order chi connectivity index (χ1) is 6.67. The van der Waals surface area contributed by atoms with Crippen molar-refractivity contribution in [3.8, 4) is 0 Å². The van der Waals surface area contributed by atoms with Crippen LogP contribution in [0.4, 0.5) is 26.3 Å². The first kappa shape index (κ1) is 11.0. The molecule has 0 aromatic heterocycles. The van der Waals surface area contributed by atoms with Gasteiger partial charge in [-0.05, 0) is 25.2 Å². The van der Waals surface area contributed by atoms with Crippen LogP contribution in [-0.2, 0) is 0 Å². The molecule has 1 saturated carbocycles. The van der Waals surface area contributed by atoms with Crippen molar-refractivity contribution in [3.63, 3.8) is 0 Å². The van der Waals surface area contributed by atoms with E-state index in [1.54, 1.807) is 0 Å². The highest BCUT2D eigenvalue weighted by Gasteiger charge is 2.70. The van der Waals surface area contributed by atoms with Crippen LogP contribution in [0.1, 0.15) is 19.3 Å². The van der Waals surface area contributed by atoms with Crippen molar-refractivity contribution >= 4 is 0 Å². The van der Waals surface area contributed by atoms with Gasteiger partial charge in [-0.1, -0.05) is 0 Å². The second-order valence-electron chi connectivity index (χ2n) is 4.22. The molecule has 0 N–H and O–H groups in total. The molecule has 1 heterocycles. The molecular weight excluding hydrogens is 224 g/mol. The van der Waals surface area contributed by atoms with Gasteiger partial charge < -0.3 is 0 Å². The molecule has 0 amide bonds. The van der Waals surface area contributed by atoms with Crippen LogP contribution >= 0.6 is 0 Å². The Hall–Kier alpha value is -0.460. The van der Waals surface area contributed by atoms with Gasteiger partial charge in [0.2, 0.25) is 0 Å². The van der Waals surface area contributed by atoms with Crippen molar-refractivity contribution in [2.75, 3.05) is 6.54 Å². The molecule has 2 rings (SSSR count). The molecule has 0 radical (unpaired) electrons. The van der Waals surface area contributed by atoms with E-state index in [9.17, 15) is 26.3 Å². The minimum absolute atomic E-state index is 0.242. The average molecular weight is 233 g/mol. The average Bonchev–Trinajstić information content (AvgIpc) is 2.57. The minimum atomic E-state index is -4.88. The molecule has 1 aliphatic heterocycles. The standard InChI is InChI=1S/C8H9F6N/c9-7(10,11)6-2-1-5(3-6)4-15(6)8(12,13)14/h5H,1-4H2. The highest BCUT2D eigenvalue weighted by Crippen LogP contribution is 2.57. The van der Waals surface area contributed by atoms with Gasteiger partial charge in [-0.2, -0.15) is 31.2 Å². The number of alkyl halides is 6. The topological polar surface area (TPSA) is 3.24 Å². The number of nitrogens with zero attached hydrogens (tertiary/aromatic N) is 1. The van der Waals surface area contributed by atoms with Crippen LogP contribution in [0.2, 0.25) is 0 Å². The van der Waals surface area contributed by atoms with E-state index in [4.69, 9.17) is 0 Å². The van der Waals surface area contributed by atoms with Crippen LogP contribution in [-0.4, -0.2) is 29.5 Å². The van der Waals surface area contributed by atoms with E-state index >= 15 is 0 Å². The van der Waals surface area contributed by atoms with E-state index < -0.39 is 43.3 Å². The predicted molar refractivity (Wildman–Crippen MR) is 38.9 cm³/mol. The van der Waals surface area contributed by atoms with Gasteiger partial charge in [0.1, 0.15) is 5.54 Å². The third-order valence-corrected chi connectivity index (χ3v) is 3.38. The Morgan fingerprint density at radius 2 is 1.67 bits per heavy atom. The number of piperidine rings is 1. The number of fused-ring (bicyclic) bond motifs is 2. The molecule has 0 aromatic rings. The molecule has 2 unspecified atom stereocenters. The van der Waals surface area contributed by atoms with Crippen molar-refractivity contribution in [2.45, 2.75) is 37.3 Å². The fourth-order valence-corrected chi connectivity index (χ4v) is 2.72. The molecule has 88 valence electrons. The maximum Gasteiger partial charge on any atom is 0.460 e. The molecule has 2 atom stereocenters. The predicted octanol–water partition coefficient (Wildman–Crippen LogP) is 2.92. The Balaban J connectivity index is 2.36. The summed E-state index contributed by atoms with van der Waals surface area (Å²) in [7, 11) is 0. The van der Waals surface area contributed by atoms with Gasteiger partial charge in [-0.3, -0.25) is 0 Å². The van der Waals surface area contributed by atoms with Gasteiger partial charge in [0.05, 0.1) is 0 Å². The van der Waals surface area contributed by atoms with Gasteiger partial charge in [-0.25, -0.2) is 0 Å². The molecule has 2 aliphatic rings. The lowest BCUT2D eigenvalue weighted by atomic mass is 9.96. The minimum Gasteiger partial charge on any atom is -0.199 e. The van der Waals surface area contributed by atoms with E-state index in [-0.39, 0.29) is 11.3 Å². The molecule has 0 spiro atoms. The molecule has 2 bridgehead atoms. The zero-order valence-corrected chi connectivity index (χ0v) is 7.62. The Kier molecular flexibility index (Phi) is 2.07. The molecular formula is C8H9F6N. The quantitative estimate of drug-likeness (QED) is 0.459. The smallest absolute Gasteiger partial charge is 0.199 e. The number of hydrogen-bond acceptors (Lipinski definition) is 1. The summed E-state index contributed by atoms with van der Waals surface area (Å²) in [5.74, 6) is -0.465. The van der Waals surface area contributed by atoms with Crippen LogP contribution in [0.15, 0.2) is 0 Å². The highest BCUT2D eigenvalue weighted by atomic mass is 19.4. The fraction of sp³-hybridized carbons (Fsp3) is 1.00. The SMILES string of the molecule is FC(F)(F)N1CC2CCC1(C(F)(F)F)C2. The molecule has 1 nitrogen and oxygen atoms in total. The van der Waals surface area contributed by atoms with E-state index in [1.165, 1.54) is 0 Å². The van der Waals surface area contributed by atoms with E-state index in [1.807, 2.05) is 0 Å². The van der Waals surface area contributed by atoms with Gasteiger partial charge in [0, 0.05) is 6.54 Å².